The molecule has 16 heavy (non-hydrogen) atoms. The highest BCUT2D eigenvalue weighted by molar-refractivity contribution is 7.86. The third kappa shape index (κ3) is 1.68. The van der Waals surface area contributed by atoms with Gasteiger partial charge in [-0.05, 0) is 23.6 Å². The highest BCUT2D eigenvalue weighted by Crippen LogP contribution is 2.29. The van der Waals surface area contributed by atoms with Crippen molar-refractivity contribution in [1.29, 1.82) is 0 Å². The van der Waals surface area contributed by atoms with Gasteiger partial charge in [-0.25, -0.2) is 0 Å². The number of nitrogen functional groups attached to an aromatic ring is 2. The van der Waals surface area contributed by atoms with Crippen LogP contribution in [0, 0.1) is 0 Å². The molecule has 2 rings (SSSR count). The minimum atomic E-state index is -4.34. The van der Waals surface area contributed by atoms with Gasteiger partial charge in [-0.15, -0.1) is 0 Å². The predicted molar refractivity (Wildman–Crippen MR) is 62.6 cm³/mol. The summed E-state index contributed by atoms with van der Waals surface area (Å²) in [7, 11) is -4.34. The molecule has 0 spiro atoms. The zero-order valence-electron chi connectivity index (χ0n) is 8.21. The van der Waals surface area contributed by atoms with Crippen LogP contribution in [0.25, 0.3) is 10.8 Å². The summed E-state index contributed by atoms with van der Waals surface area (Å²) in [6.07, 6.45) is 0. The van der Waals surface area contributed by atoms with Crippen LogP contribution >= 0.6 is 0 Å². The second-order valence-electron chi connectivity index (χ2n) is 3.44. The van der Waals surface area contributed by atoms with E-state index in [9.17, 15) is 8.42 Å². The first-order valence-electron chi connectivity index (χ1n) is 4.45. The number of anilines is 2. The molecule has 0 fully saturated rings. The maximum atomic E-state index is 11.2. The van der Waals surface area contributed by atoms with Crippen molar-refractivity contribution in [2.75, 3.05) is 11.5 Å². The molecule has 2 aromatic rings. The Morgan fingerprint density at radius 3 is 2.38 bits per heavy atom. The van der Waals surface area contributed by atoms with Gasteiger partial charge >= 0.3 is 0 Å². The van der Waals surface area contributed by atoms with Crippen molar-refractivity contribution in [2.24, 2.45) is 0 Å². The zero-order valence-corrected chi connectivity index (χ0v) is 9.03. The fourth-order valence-electron chi connectivity index (χ4n) is 1.62. The first-order chi connectivity index (χ1) is 7.39. The molecule has 84 valence electrons. The Bertz CT molecular complexity index is 665. The highest BCUT2D eigenvalue weighted by atomic mass is 32.2. The SMILES string of the molecule is Nc1ccc2c(S(=O)(=O)O)c(N)ccc2c1. The van der Waals surface area contributed by atoms with E-state index in [1.54, 1.807) is 18.2 Å². The van der Waals surface area contributed by atoms with Gasteiger partial charge in [0.2, 0.25) is 0 Å². The minimum absolute atomic E-state index is 0.0137. The summed E-state index contributed by atoms with van der Waals surface area (Å²) in [4.78, 5) is -0.273. The molecule has 0 bridgehead atoms. The molecule has 2 aromatic carbocycles. The lowest BCUT2D eigenvalue weighted by atomic mass is 10.1. The molecule has 0 saturated carbocycles. The van der Waals surface area contributed by atoms with Gasteiger partial charge in [-0.2, -0.15) is 8.42 Å². The molecular weight excluding hydrogens is 228 g/mol. The van der Waals surface area contributed by atoms with Crippen LogP contribution in [0.15, 0.2) is 35.2 Å². The average molecular weight is 238 g/mol. The molecule has 6 heteroatoms. The molecule has 0 aliphatic carbocycles. The van der Waals surface area contributed by atoms with Crippen LogP contribution in [0.5, 0.6) is 0 Å². The Morgan fingerprint density at radius 2 is 1.75 bits per heavy atom. The average Bonchev–Trinajstić information content (AvgIpc) is 2.16. The summed E-state index contributed by atoms with van der Waals surface area (Å²) < 4.78 is 31.5. The normalized spacial score (nSPS) is 11.8. The second-order valence-corrected chi connectivity index (χ2v) is 4.80. The zero-order chi connectivity index (χ0) is 11.9. The van der Waals surface area contributed by atoms with E-state index in [0.29, 0.717) is 16.5 Å². The Hall–Kier alpha value is -1.79. The topological polar surface area (TPSA) is 106 Å². The van der Waals surface area contributed by atoms with Crippen molar-refractivity contribution in [3.63, 3.8) is 0 Å². The Balaban J connectivity index is 2.97. The van der Waals surface area contributed by atoms with Gasteiger partial charge in [0.25, 0.3) is 10.1 Å². The van der Waals surface area contributed by atoms with Gasteiger partial charge in [-0.3, -0.25) is 4.55 Å². The van der Waals surface area contributed by atoms with Crippen LogP contribution in [0.1, 0.15) is 0 Å². The van der Waals surface area contributed by atoms with Crippen molar-refractivity contribution in [1.82, 2.24) is 0 Å². The van der Waals surface area contributed by atoms with Crippen LogP contribution < -0.4 is 11.5 Å². The summed E-state index contributed by atoms with van der Waals surface area (Å²) >= 11 is 0. The van der Waals surface area contributed by atoms with E-state index >= 15 is 0 Å². The van der Waals surface area contributed by atoms with Gasteiger partial charge in [0.05, 0.1) is 5.69 Å². The number of fused-ring (bicyclic) bond motifs is 1. The van der Waals surface area contributed by atoms with E-state index in [1.165, 1.54) is 12.1 Å². The summed E-state index contributed by atoms with van der Waals surface area (Å²) in [6.45, 7) is 0. The molecule has 0 radical (unpaired) electrons. The van der Waals surface area contributed by atoms with Crippen molar-refractivity contribution in [3.05, 3.63) is 30.3 Å². The molecular formula is C10H10N2O3S. The van der Waals surface area contributed by atoms with Gasteiger partial charge < -0.3 is 11.5 Å². The lowest BCUT2D eigenvalue weighted by Crippen LogP contribution is -2.04. The van der Waals surface area contributed by atoms with Crippen LogP contribution in [0.3, 0.4) is 0 Å². The summed E-state index contributed by atoms with van der Waals surface area (Å²) in [5, 5.41) is 0.971. The Labute approximate surface area is 92.4 Å². The largest absolute Gasteiger partial charge is 0.399 e. The van der Waals surface area contributed by atoms with Gasteiger partial charge in [-0.1, -0.05) is 12.1 Å². The van der Waals surface area contributed by atoms with E-state index in [2.05, 4.69) is 0 Å². The fourth-order valence-corrected chi connectivity index (χ4v) is 2.45. The molecule has 0 saturated heterocycles. The minimum Gasteiger partial charge on any atom is -0.399 e. The maximum Gasteiger partial charge on any atom is 0.297 e. The van der Waals surface area contributed by atoms with E-state index in [4.69, 9.17) is 16.0 Å². The van der Waals surface area contributed by atoms with Crippen LogP contribution in [-0.2, 0) is 10.1 Å². The molecule has 5 N–H and O–H groups in total. The number of hydrogen-bond donors (Lipinski definition) is 3. The lowest BCUT2D eigenvalue weighted by Gasteiger charge is -2.07. The van der Waals surface area contributed by atoms with E-state index < -0.39 is 10.1 Å². The van der Waals surface area contributed by atoms with E-state index in [0.717, 1.165) is 0 Å². The smallest absolute Gasteiger partial charge is 0.297 e. The Morgan fingerprint density at radius 1 is 1.06 bits per heavy atom. The highest BCUT2D eigenvalue weighted by Gasteiger charge is 2.17. The molecule has 0 aromatic heterocycles. The summed E-state index contributed by atoms with van der Waals surface area (Å²) in [5.74, 6) is 0. The molecule has 0 aliphatic rings. The van der Waals surface area contributed by atoms with Crippen molar-refractivity contribution < 1.29 is 13.0 Å². The Kier molecular flexibility index (Phi) is 2.25. The van der Waals surface area contributed by atoms with E-state index in [1.807, 2.05) is 0 Å². The van der Waals surface area contributed by atoms with Crippen molar-refractivity contribution >= 4 is 32.3 Å². The van der Waals surface area contributed by atoms with Gasteiger partial charge in [0, 0.05) is 11.1 Å². The van der Waals surface area contributed by atoms with Crippen molar-refractivity contribution in [2.45, 2.75) is 4.90 Å². The van der Waals surface area contributed by atoms with Crippen LogP contribution in [0.4, 0.5) is 11.4 Å². The van der Waals surface area contributed by atoms with Gasteiger partial charge in [0.1, 0.15) is 4.90 Å². The maximum absolute atomic E-state index is 11.2. The lowest BCUT2D eigenvalue weighted by molar-refractivity contribution is 0.484. The predicted octanol–water partition coefficient (Wildman–Crippen LogP) is 1.25. The third-order valence-corrected chi connectivity index (χ3v) is 3.25. The molecule has 0 atom stereocenters. The fraction of sp³-hybridized carbons (Fsp3) is 0. The standard InChI is InChI=1S/C10H10N2O3S/c11-7-2-3-8-6(5-7)1-4-9(12)10(8)16(13,14)15/h1-5H,11-12H2,(H,13,14,15). The number of hydrogen-bond acceptors (Lipinski definition) is 4. The monoisotopic (exact) mass is 238 g/mol. The van der Waals surface area contributed by atoms with Gasteiger partial charge in [0.15, 0.2) is 0 Å². The number of nitrogens with two attached hydrogens (primary N) is 2. The van der Waals surface area contributed by atoms with E-state index in [-0.39, 0.29) is 10.6 Å². The third-order valence-electron chi connectivity index (χ3n) is 2.28. The molecule has 0 unspecified atom stereocenters. The first-order valence-corrected chi connectivity index (χ1v) is 5.89. The molecule has 5 nitrogen and oxygen atoms in total. The number of rotatable bonds is 1. The molecule has 0 amide bonds. The quantitative estimate of drug-likeness (QED) is 0.512. The second kappa shape index (κ2) is 3.36. The van der Waals surface area contributed by atoms with Crippen molar-refractivity contribution in [3.8, 4) is 0 Å². The first kappa shape index (κ1) is 10.7. The number of benzene rings is 2. The molecule has 0 heterocycles. The van der Waals surface area contributed by atoms with Crippen LogP contribution in [-0.4, -0.2) is 13.0 Å². The van der Waals surface area contributed by atoms with Crippen LogP contribution in [0.2, 0.25) is 0 Å². The summed E-state index contributed by atoms with van der Waals surface area (Å²) in [6, 6.07) is 7.75. The molecule has 0 aliphatic heterocycles. The summed E-state index contributed by atoms with van der Waals surface area (Å²) in [5.41, 5.74) is 11.6.